The van der Waals surface area contributed by atoms with Crippen molar-refractivity contribution in [2.45, 2.75) is 6.18 Å². The maximum atomic E-state index is 11.9. The van der Waals surface area contributed by atoms with Crippen molar-refractivity contribution in [3.05, 3.63) is 42.0 Å². The Labute approximate surface area is 68.3 Å². The van der Waals surface area contributed by atoms with Gasteiger partial charge in [0.2, 0.25) is 0 Å². The van der Waals surface area contributed by atoms with Crippen LogP contribution in [0, 0.1) is 12.1 Å². The van der Waals surface area contributed by atoms with Gasteiger partial charge in [0.15, 0.2) is 0 Å². The average molecular weight is 170 g/mol. The van der Waals surface area contributed by atoms with Crippen molar-refractivity contribution < 1.29 is 13.2 Å². The fraction of sp³-hybridized carbons (Fsp3) is 0.111. The first-order valence-electron chi connectivity index (χ1n) is 3.17. The molecule has 1 rings (SSSR count). The van der Waals surface area contributed by atoms with Crippen LogP contribution in [0.3, 0.4) is 0 Å². The van der Waals surface area contributed by atoms with E-state index in [0.29, 0.717) is 5.56 Å². The van der Waals surface area contributed by atoms with Gasteiger partial charge in [-0.25, -0.2) is 0 Å². The molecule has 0 radical (unpaired) electrons. The summed E-state index contributed by atoms with van der Waals surface area (Å²) < 4.78 is 35.8. The van der Waals surface area contributed by atoms with E-state index in [1.54, 1.807) is 0 Å². The maximum Gasteiger partial charge on any atom is 0.424 e. The van der Waals surface area contributed by atoms with Gasteiger partial charge in [-0.05, 0) is 12.1 Å². The van der Waals surface area contributed by atoms with Crippen LogP contribution in [0.4, 0.5) is 13.2 Å². The van der Waals surface area contributed by atoms with Crippen molar-refractivity contribution in [2.75, 3.05) is 0 Å². The molecule has 0 heterocycles. The summed E-state index contributed by atoms with van der Waals surface area (Å²) in [5, 5.41) is 0. The lowest BCUT2D eigenvalue weighted by molar-refractivity contribution is -0.137. The Morgan fingerprint density at radius 1 is 1.25 bits per heavy atom. The Balaban J connectivity index is 3.00. The minimum absolute atomic E-state index is 0.503. The molecule has 0 unspecified atom stereocenters. The van der Waals surface area contributed by atoms with Crippen molar-refractivity contribution >= 4 is 6.08 Å². The van der Waals surface area contributed by atoms with Crippen LogP contribution in [0.2, 0.25) is 0 Å². The highest BCUT2D eigenvalue weighted by Crippen LogP contribution is 2.27. The van der Waals surface area contributed by atoms with Crippen molar-refractivity contribution in [2.24, 2.45) is 0 Å². The van der Waals surface area contributed by atoms with Gasteiger partial charge in [-0.2, -0.15) is 13.2 Å². The molecule has 0 fully saturated rings. The van der Waals surface area contributed by atoms with E-state index in [9.17, 15) is 13.2 Å². The first kappa shape index (κ1) is 8.66. The third-order valence-corrected chi connectivity index (χ3v) is 1.30. The summed E-state index contributed by atoms with van der Waals surface area (Å²) in [6, 6.07) is 6.59. The molecule has 0 aliphatic carbocycles. The molecular formula is C9H5F3. The predicted octanol–water partition coefficient (Wildman–Crippen LogP) is 2.95. The standard InChI is InChI=1S/C9H5F3/c1-2-7-3-5-8(6-4-7)9(10,11)12/h2-3,5H,1H2. The van der Waals surface area contributed by atoms with Crippen LogP contribution in [0.15, 0.2) is 18.7 Å². The number of hydrogen-bond acceptors (Lipinski definition) is 0. The summed E-state index contributed by atoms with van der Waals surface area (Å²) in [5.41, 5.74) is -0.309. The van der Waals surface area contributed by atoms with Gasteiger partial charge < -0.3 is 0 Å². The molecule has 0 nitrogen and oxygen atoms in total. The molecule has 0 saturated heterocycles. The van der Waals surface area contributed by atoms with E-state index in [2.05, 4.69) is 12.6 Å². The van der Waals surface area contributed by atoms with Crippen LogP contribution in [-0.2, 0) is 6.18 Å². The van der Waals surface area contributed by atoms with Gasteiger partial charge in [0.05, 0.1) is 0 Å². The van der Waals surface area contributed by atoms with Crippen LogP contribution in [0.5, 0.6) is 0 Å². The maximum absolute atomic E-state index is 11.9. The third-order valence-electron chi connectivity index (χ3n) is 1.30. The molecule has 0 bridgehead atoms. The second-order valence-electron chi connectivity index (χ2n) is 2.15. The first-order chi connectivity index (χ1) is 5.54. The Hall–Kier alpha value is -1.43. The van der Waals surface area contributed by atoms with E-state index in [1.807, 2.05) is 6.07 Å². The number of alkyl halides is 3. The molecular weight excluding hydrogens is 165 g/mol. The zero-order valence-corrected chi connectivity index (χ0v) is 6.07. The molecule has 1 aromatic rings. The van der Waals surface area contributed by atoms with Crippen molar-refractivity contribution in [3.8, 4) is 0 Å². The monoisotopic (exact) mass is 170 g/mol. The Morgan fingerprint density at radius 2 is 1.92 bits per heavy atom. The lowest BCUT2D eigenvalue weighted by Crippen LogP contribution is -2.03. The zero-order chi connectivity index (χ0) is 9.19. The third kappa shape index (κ3) is 1.79. The molecule has 1 aromatic carbocycles. The number of rotatable bonds is 1. The van der Waals surface area contributed by atoms with Crippen LogP contribution >= 0.6 is 0 Å². The van der Waals surface area contributed by atoms with Crippen LogP contribution < -0.4 is 0 Å². The fourth-order valence-electron chi connectivity index (χ4n) is 0.680. The van der Waals surface area contributed by atoms with Crippen molar-refractivity contribution in [1.82, 2.24) is 0 Å². The van der Waals surface area contributed by atoms with Gasteiger partial charge in [0.1, 0.15) is 5.56 Å². The SMILES string of the molecule is C=Cc1c#cc(C(F)(F)F)cc1. The van der Waals surface area contributed by atoms with Gasteiger partial charge in [-0.3, -0.25) is 0 Å². The summed E-state index contributed by atoms with van der Waals surface area (Å²) in [4.78, 5) is 0. The first-order valence-corrected chi connectivity index (χ1v) is 3.17. The number of halogens is 3. The summed E-state index contributed by atoms with van der Waals surface area (Å²) in [6.45, 7) is 3.39. The fourth-order valence-corrected chi connectivity index (χ4v) is 0.680. The Kier molecular flexibility index (Phi) is 2.09. The topological polar surface area (TPSA) is 0 Å². The quantitative estimate of drug-likeness (QED) is 0.607. The van der Waals surface area contributed by atoms with E-state index in [-0.39, 0.29) is 0 Å². The van der Waals surface area contributed by atoms with Crippen LogP contribution in [0.1, 0.15) is 11.1 Å². The smallest absolute Gasteiger partial charge is 0.165 e. The second kappa shape index (κ2) is 2.90. The molecule has 0 aromatic heterocycles. The van der Waals surface area contributed by atoms with Gasteiger partial charge >= 0.3 is 6.18 Å². The van der Waals surface area contributed by atoms with Crippen LogP contribution in [0.25, 0.3) is 6.08 Å². The zero-order valence-electron chi connectivity index (χ0n) is 6.07. The van der Waals surface area contributed by atoms with E-state index in [1.165, 1.54) is 12.1 Å². The Bertz CT molecular complexity index is 269. The molecule has 0 spiro atoms. The van der Waals surface area contributed by atoms with Gasteiger partial charge in [0, 0.05) is 5.56 Å². The molecule has 0 saturated carbocycles. The summed E-state index contributed by atoms with van der Waals surface area (Å²) in [6.07, 6.45) is -2.92. The molecule has 3 heteroatoms. The minimum Gasteiger partial charge on any atom is -0.165 e. The largest absolute Gasteiger partial charge is 0.424 e. The molecule has 0 aliphatic heterocycles. The second-order valence-corrected chi connectivity index (χ2v) is 2.15. The highest BCUT2D eigenvalue weighted by atomic mass is 19.4. The summed E-state index contributed by atoms with van der Waals surface area (Å²) >= 11 is 0. The van der Waals surface area contributed by atoms with E-state index in [4.69, 9.17) is 0 Å². The Morgan fingerprint density at radius 3 is 2.25 bits per heavy atom. The van der Waals surface area contributed by atoms with Crippen LogP contribution in [-0.4, -0.2) is 0 Å². The highest BCUT2D eigenvalue weighted by molar-refractivity contribution is 5.44. The normalized spacial score (nSPS) is 10.6. The summed E-state index contributed by atoms with van der Waals surface area (Å²) in [7, 11) is 0. The molecule has 62 valence electrons. The van der Waals surface area contributed by atoms with Crippen molar-refractivity contribution in [1.29, 1.82) is 0 Å². The lowest BCUT2D eigenvalue weighted by Gasteiger charge is -2.01. The van der Waals surface area contributed by atoms with Crippen molar-refractivity contribution in [3.63, 3.8) is 0 Å². The van der Waals surface area contributed by atoms with E-state index >= 15 is 0 Å². The molecule has 12 heavy (non-hydrogen) atoms. The average Bonchev–Trinajstić information content (AvgIpc) is 2.03. The molecule has 0 aliphatic rings. The minimum atomic E-state index is -4.34. The van der Waals surface area contributed by atoms with Gasteiger partial charge in [-0.15, -0.1) is 0 Å². The highest BCUT2D eigenvalue weighted by Gasteiger charge is 2.30. The molecule has 0 atom stereocenters. The van der Waals surface area contributed by atoms with E-state index < -0.39 is 11.7 Å². The number of hydrogen-bond donors (Lipinski definition) is 0. The predicted molar refractivity (Wildman–Crippen MR) is 39.2 cm³/mol. The van der Waals surface area contributed by atoms with E-state index in [0.717, 1.165) is 6.07 Å². The molecule has 0 N–H and O–H groups in total. The van der Waals surface area contributed by atoms with Gasteiger partial charge in [0.25, 0.3) is 0 Å². The van der Waals surface area contributed by atoms with Gasteiger partial charge in [-0.1, -0.05) is 24.8 Å². The summed E-state index contributed by atoms with van der Waals surface area (Å²) in [5.74, 6) is 0. The lowest BCUT2D eigenvalue weighted by atomic mass is 10.2. The molecule has 0 amide bonds.